The first-order chi connectivity index (χ1) is 10.4. The lowest BCUT2D eigenvalue weighted by atomic mass is 10.1. The van der Waals surface area contributed by atoms with Gasteiger partial charge in [0, 0.05) is 25.7 Å². The molecule has 22 heavy (non-hydrogen) atoms. The summed E-state index contributed by atoms with van der Waals surface area (Å²) < 4.78 is 13.1. The van der Waals surface area contributed by atoms with Crippen molar-refractivity contribution < 1.29 is 14.1 Å². The highest BCUT2D eigenvalue weighted by molar-refractivity contribution is 6.33. The second-order valence-corrected chi connectivity index (χ2v) is 5.12. The molecule has 0 heterocycles. The number of hydrogen-bond donors (Lipinski definition) is 0. The number of nitro benzene ring substituents is 1. The maximum absolute atomic E-state index is 13.1. The van der Waals surface area contributed by atoms with Crippen molar-refractivity contribution >= 4 is 23.2 Å². The molecule has 0 saturated carbocycles. The van der Waals surface area contributed by atoms with Gasteiger partial charge in [-0.1, -0.05) is 23.7 Å². The third-order valence-electron chi connectivity index (χ3n) is 3.05. The van der Waals surface area contributed by atoms with E-state index in [1.807, 2.05) is 0 Å². The van der Waals surface area contributed by atoms with Crippen molar-refractivity contribution in [2.24, 2.45) is 0 Å². The minimum Gasteiger partial charge on any atom is -0.337 e. The first-order valence-corrected chi connectivity index (χ1v) is 6.70. The Morgan fingerprint density at radius 3 is 2.68 bits per heavy atom. The molecule has 114 valence electrons. The molecule has 0 fully saturated rings. The largest absolute Gasteiger partial charge is 0.337 e. The molecule has 0 unspecified atom stereocenters. The van der Waals surface area contributed by atoms with E-state index in [-0.39, 0.29) is 22.8 Å². The number of nitrogens with zero attached hydrogens (tertiary/aromatic N) is 2. The summed E-state index contributed by atoms with van der Waals surface area (Å²) in [5, 5.41) is 10.9. The van der Waals surface area contributed by atoms with Crippen LogP contribution in [0, 0.1) is 15.9 Å². The zero-order valence-electron chi connectivity index (χ0n) is 11.6. The summed E-state index contributed by atoms with van der Waals surface area (Å²) in [6.07, 6.45) is 0. The molecule has 0 spiro atoms. The molecule has 0 bridgehead atoms. The first-order valence-electron chi connectivity index (χ1n) is 6.32. The van der Waals surface area contributed by atoms with Crippen molar-refractivity contribution in [3.8, 4) is 0 Å². The summed E-state index contributed by atoms with van der Waals surface area (Å²) in [6, 6.07) is 9.52. The number of amides is 1. The molecule has 0 saturated heterocycles. The van der Waals surface area contributed by atoms with Crippen molar-refractivity contribution in [1.29, 1.82) is 0 Å². The average Bonchev–Trinajstić information content (AvgIpc) is 2.46. The second-order valence-electron chi connectivity index (χ2n) is 4.71. The summed E-state index contributed by atoms with van der Waals surface area (Å²) in [7, 11) is 1.52. The van der Waals surface area contributed by atoms with Gasteiger partial charge >= 0.3 is 0 Å². The first kappa shape index (κ1) is 15.9. The van der Waals surface area contributed by atoms with Crippen molar-refractivity contribution in [3.63, 3.8) is 0 Å². The minimum atomic E-state index is -0.598. The van der Waals surface area contributed by atoms with Crippen LogP contribution in [0.15, 0.2) is 42.5 Å². The SMILES string of the molecule is CN(Cc1cccc(F)c1)C(=O)c1cc([N+](=O)[O-])ccc1Cl. The number of hydrogen-bond acceptors (Lipinski definition) is 3. The van der Waals surface area contributed by atoms with Crippen LogP contribution in [0.3, 0.4) is 0 Å². The van der Waals surface area contributed by atoms with Gasteiger partial charge in [-0.3, -0.25) is 14.9 Å². The number of nitro groups is 1. The molecule has 5 nitrogen and oxygen atoms in total. The molecule has 0 aliphatic heterocycles. The topological polar surface area (TPSA) is 63.5 Å². The Labute approximate surface area is 131 Å². The second kappa shape index (κ2) is 6.53. The number of halogens is 2. The fraction of sp³-hybridized carbons (Fsp3) is 0.133. The van der Waals surface area contributed by atoms with Gasteiger partial charge < -0.3 is 4.90 Å². The van der Waals surface area contributed by atoms with E-state index in [4.69, 9.17) is 11.6 Å². The van der Waals surface area contributed by atoms with E-state index >= 15 is 0 Å². The highest BCUT2D eigenvalue weighted by Crippen LogP contribution is 2.23. The summed E-state index contributed by atoms with van der Waals surface area (Å²) >= 11 is 5.94. The van der Waals surface area contributed by atoms with E-state index in [9.17, 15) is 19.3 Å². The highest BCUT2D eigenvalue weighted by atomic mass is 35.5. The Bertz CT molecular complexity index is 736. The van der Waals surface area contributed by atoms with Crippen LogP contribution in [0.5, 0.6) is 0 Å². The quantitative estimate of drug-likeness (QED) is 0.637. The minimum absolute atomic E-state index is 0.0368. The molecular formula is C15H12ClFN2O3. The molecule has 0 aromatic heterocycles. The van der Waals surface area contributed by atoms with Gasteiger partial charge in [0.15, 0.2) is 0 Å². The van der Waals surface area contributed by atoms with E-state index in [2.05, 4.69) is 0 Å². The summed E-state index contributed by atoms with van der Waals surface area (Å²) in [4.78, 5) is 23.9. The van der Waals surface area contributed by atoms with Gasteiger partial charge in [0.1, 0.15) is 5.82 Å². The Kier molecular flexibility index (Phi) is 4.72. The fourth-order valence-electron chi connectivity index (χ4n) is 1.98. The van der Waals surface area contributed by atoms with Crippen LogP contribution in [-0.2, 0) is 6.54 Å². The van der Waals surface area contributed by atoms with Gasteiger partial charge in [-0.2, -0.15) is 0 Å². The number of carbonyl (C=O) groups excluding carboxylic acids is 1. The predicted octanol–water partition coefficient (Wildman–Crippen LogP) is 3.66. The summed E-state index contributed by atoms with van der Waals surface area (Å²) in [5.41, 5.74) is 0.430. The molecule has 2 rings (SSSR count). The Balaban J connectivity index is 2.23. The lowest BCUT2D eigenvalue weighted by Gasteiger charge is -2.18. The smallest absolute Gasteiger partial charge is 0.270 e. The molecule has 0 aliphatic rings. The number of non-ortho nitro benzene ring substituents is 1. The van der Waals surface area contributed by atoms with Crippen molar-refractivity contribution in [1.82, 2.24) is 4.90 Å². The monoisotopic (exact) mass is 322 g/mol. The highest BCUT2D eigenvalue weighted by Gasteiger charge is 2.19. The van der Waals surface area contributed by atoms with Crippen molar-refractivity contribution in [3.05, 3.63) is 74.5 Å². The number of rotatable bonds is 4. The van der Waals surface area contributed by atoms with Gasteiger partial charge in [-0.25, -0.2) is 4.39 Å². The van der Waals surface area contributed by atoms with Crippen LogP contribution >= 0.6 is 11.6 Å². The van der Waals surface area contributed by atoms with Crippen LogP contribution in [-0.4, -0.2) is 22.8 Å². The summed E-state index contributed by atoms with van der Waals surface area (Å²) in [5.74, 6) is -0.871. The van der Waals surface area contributed by atoms with E-state index in [1.165, 1.54) is 36.2 Å². The average molecular weight is 323 g/mol. The Morgan fingerprint density at radius 2 is 2.05 bits per heavy atom. The van der Waals surface area contributed by atoms with E-state index in [1.54, 1.807) is 12.1 Å². The maximum atomic E-state index is 13.1. The Hall–Kier alpha value is -2.47. The van der Waals surface area contributed by atoms with E-state index in [0.717, 1.165) is 6.07 Å². The van der Waals surface area contributed by atoms with Crippen LogP contribution < -0.4 is 0 Å². The number of carbonyl (C=O) groups is 1. The molecule has 0 N–H and O–H groups in total. The van der Waals surface area contributed by atoms with Gasteiger partial charge in [-0.15, -0.1) is 0 Å². The van der Waals surface area contributed by atoms with Crippen LogP contribution in [0.2, 0.25) is 5.02 Å². The third kappa shape index (κ3) is 3.59. The maximum Gasteiger partial charge on any atom is 0.270 e. The fourth-order valence-corrected chi connectivity index (χ4v) is 2.18. The normalized spacial score (nSPS) is 10.3. The molecule has 1 amide bonds. The molecule has 0 radical (unpaired) electrons. The van der Waals surface area contributed by atoms with Crippen LogP contribution in [0.1, 0.15) is 15.9 Å². The van der Waals surface area contributed by atoms with E-state index < -0.39 is 16.6 Å². The molecule has 0 aliphatic carbocycles. The summed E-state index contributed by atoms with van der Waals surface area (Å²) in [6.45, 7) is 0.162. The lowest BCUT2D eigenvalue weighted by Crippen LogP contribution is -2.26. The Morgan fingerprint density at radius 1 is 1.32 bits per heavy atom. The predicted molar refractivity (Wildman–Crippen MR) is 80.3 cm³/mol. The number of benzene rings is 2. The van der Waals surface area contributed by atoms with Gasteiger partial charge in [0.2, 0.25) is 0 Å². The molecular weight excluding hydrogens is 311 g/mol. The lowest BCUT2D eigenvalue weighted by molar-refractivity contribution is -0.384. The van der Waals surface area contributed by atoms with Crippen molar-refractivity contribution in [2.45, 2.75) is 6.54 Å². The van der Waals surface area contributed by atoms with Gasteiger partial charge in [0.25, 0.3) is 11.6 Å². The van der Waals surface area contributed by atoms with Crippen molar-refractivity contribution in [2.75, 3.05) is 7.05 Å². The van der Waals surface area contributed by atoms with Crippen LogP contribution in [0.25, 0.3) is 0 Å². The molecule has 0 atom stereocenters. The zero-order valence-corrected chi connectivity index (χ0v) is 12.4. The standard InChI is InChI=1S/C15H12ClFN2O3/c1-18(9-10-3-2-4-11(17)7-10)15(20)13-8-12(19(21)22)5-6-14(13)16/h2-8H,9H2,1H3. The van der Waals surface area contributed by atoms with Crippen LogP contribution in [0.4, 0.5) is 10.1 Å². The van der Waals surface area contributed by atoms with E-state index in [0.29, 0.717) is 5.56 Å². The molecule has 2 aromatic carbocycles. The van der Waals surface area contributed by atoms with Gasteiger partial charge in [-0.05, 0) is 23.8 Å². The van der Waals surface area contributed by atoms with Gasteiger partial charge in [0.05, 0.1) is 15.5 Å². The third-order valence-corrected chi connectivity index (χ3v) is 3.38. The zero-order chi connectivity index (χ0) is 16.3. The molecule has 2 aromatic rings. The molecule has 7 heteroatoms.